The molecule has 10 heteroatoms. The molecule has 0 aromatic heterocycles. The van der Waals surface area contributed by atoms with Crippen molar-refractivity contribution in [3.05, 3.63) is 0 Å². The quantitative estimate of drug-likeness (QED) is 0.503. The lowest BCUT2D eigenvalue weighted by Crippen LogP contribution is -2.66. The molecule has 2 aliphatic rings. The largest absolute Gasteiger partial charge is 0.444 e. The number of fused-ring (bicyclic) bond motifs is 1. The minimum Gasteiger partial charge on any atom is -0.444 e. The topological polar surface area (TPSA) is 101 Å². The summed E-state index contributed by atoms with van der Waals surface area (Å²) < 4.78 is 26.6. The van der Waals surface area contributed by atoms with Crippen molar-refractivity contribution < 1.29 is 27.6 Å². The van der Waals surface area contributed by atoms with Gasteiger partial charge in [0.05, 0.1) is 37.3 Å². The summed E-state index contributed by atoms with van der Waals surface area (Å²) in [6, 6.07) is 0.823. The van der Waals surface area contributed by atoms with E-state index in [9.17, 15) is 15.2 Å². The molecular formula is C24H46N2O6Si2. The standard InChI is InChI=1S/C24H46N2O6Si2/c1-15(2)33(16(3)4)29-14-20-22(31-34(32-33,17(5)6)18(7)8)21(27)19(12-13-25)26(20)23(28)30-24(9,10)11/h15-22,27H,12,14H2,1-11H3/t19-,20+,21-,22+/m0/s1. The lowest BCUT2D eigenvalue weighted by Gasteiger charge is -2.52. The summed E-state index contributed by atoms with van der Waals surface area (Å²) in [6.45, 7) is 22.6. The van der Waals surface area contributed by atoms with Crippen LogP contribution in [0, 0.1) is 11.3 Å². The molecule has 0 unspecified atom stereocenters. The number of carbonyl (C=O) groups is 1. The van der Waals surface area contributed by atoms with Crippen molar-refractivity contribution in [1.29, 1.82) is 5.26 Å². The highest BCUT2D eigenvalue weighted by molar-refractivity contribution is 6.84. The monoisotopic (exact) mass is 514 g/mol. The first-order chi connectivity index (χ1) is 15.5. The van der Waals surface area contributed by atoms with Crippen LogP contribution < -0.4 is 0 Å². The molecule has 0 bridgehead atoms. The summed E-state index contributed by atoms with van der Waals surface area (Å²) in [5, 5.41) is 20.9. The number of likely N-dealkylation sites (tertiary alicyclic amines) is 1. The van der Waals surface area contributed by atoms with Gasteiger partial charge in [-0.3, -0.25) is 4.90 Å². The Bertz CT molecular complexity index is 746. The predicted octanol–water partition coefficient (Wildman–Crippen LogP) is 5.21. The summed E-state index contributed by atoms with van der Waals surface area (Å²) >= 11 is 0. The van der Waals surface area contributed by atoms with E-state index in [-0.39, 0.29) is 35.2 Å². The van der Waals surface area contributed by atoms with Gasteiger partial charge in [0, 0.05) is 0 Å². The number of nitriles is 1. The maximum absolute atomic E-state index is 13.4. The Hall–Kier alpha value is -0.966. The Balaban J connectivity index is 2.68. The zero-order valence-corrected chi connectivity index (χ0v) is 24.9. The maximum Gasteiger partial charge on any atom is 0.411 e. The van der Waals surface area contributed by atoms with Crippen LogP contribution in [0.15, 0.2) is 0 Å². The number of aliphatic hydroxyl groups excluding tert-OH is 1. The highest BCUT2D eigenvalue weighted by Crippen LogP contribution is 2.48. The Labute approximate surface area is 208 Å². The van der Waals surface area contributed by atoms with E-state index in [4.69, 9.17) is 17.7 Å². The van der Waals surface area contributed by atoms with Crippen LogP contribution in [0.3, 0.4) is 0 Å². The Morgan fingerprint density at radius 3 is 1.97 bits per heavy atom. The number of carbonyl (C=O) groups excluding carboxylic acids is 1. The average molecular weight is 515 g/mol. The van der Waals surface area contributed by atoms with Gasteiger partial charge in [-0.1, -0.05) is 55.4 Å². The van der Waals surface area contributed by atoms with Crippen LogP contribution in [0.4, 0.5) is 4.79 Å². The number of nitrogens with zero attached hydrogens (tertiary/aromatic N) is 2. The van der Waals surface area contributed by atoms with Crippen LogP contribution in [0.25, 0.3) is 0 Å². The SMILES string of the molecule is CC(C)[Si]1(C(C)C)OC[C@@H]2[C@@H](O[Si](C(C)C)(C(C)C)O1)[C@@H](O)[C@H](CC#N)N2C(=O)OC(C)(C)C. The number of hydrogen-bond acceptors (Lipinski definition) is 7. The summed E-state index contributed by atoms with van der Waals surface area (Å²) in [5.74, 6) is 0. The van der Waals surface area contributed by atoms with Gasteiger partial charge in [0.1, 0.15) is 11.7 Å². The molecule has 0 spiro atoms. The highest BCUT2D eigenvalue weighted by atomic mass is 28.5. The van der Waals surface area contributed by atoms with Crippen molar-refractivity contribution >= 4 is 23.2 Å². The van der Waals surface area contributed by atoms with Gasteiger partial charge < -0.3 is 22.8 Å². The van der Waals surface area contributed by atoms with Crippen molar-refractivity contribution in [1.82, 2.24) is 4.90 Å². The van der Waals surface area contributed by atoms with E-state index in [0.717, 1.165) is 0 Å². The van der Waals surface area contributed by atoms with Gasteiger partial charge in [0.25, 0.3) is 0 Å². The molecule has 2 heterocycles. The average Bonchev–Trinajstić information content (AvgIpc) is 2.91. The zero-order chi connectivity index (χ0) is 26.2. The molecule has 1 amide bonds. The van der Waals surface area contributed by atoms with Crippen molar-refractivity contribution in [3.63, 3.8) is 0 Å². The van der Waals surface area contributed by atoms with E-state index >= 15 is 0 Å². The molecule has 2 saturated heterocycles. The van der Waals surface area contributed by atoms with Gasteiger partial charge in [-0.15, -0.1) is 0 Å². The van der Waals surface area contributed by atoms with E-state index in [1.54, 1.807) is 20.8 Å². The molecule has 0 aliphatic carbocycles. The molecule has 196 valence electrons. The molecule has 34 heavy (non-hydrogen) atoms. The minimum atomic E-state index is -2.96. The molecule has 2 fully saturated rings. The molecule has 0 aromatic carbocycles. The summed E-state index contributed by atoms with van der Waals surface area (Å²) in [6.07, 6.45) is -2.34. The lowest BCUT2D eigenvalue weighted by atomic mass is 10.1. The molecule has 8 nitrogen and oxygen atoms in total. The van der Waals surface area contributed by atoms with Gasteiger partial charge in [0.15, 0.2) is 0 Å². The van der Waals surface area contributed by atoms with E-state index < -0.39 is 53.1 Å². The van der Waals surface area contributed by atoms with Crippen molar-refractivity contribution in [2.45, 2.75) is 135 Å². The fourth-order valence-corrected chi connectivity index (χ4v) is 16.6. The van der Waals surface area contributed by atoms with Crippen molar-refractivity contribution in [2.24, 2.45) is 0 Å². The van der Waals surface area contributed by atoms with Gasteiger partial charge in [0.2, 0.25) is 0 Å². The maximum atomic E-state index is 13.4. The van der Waals surface area contributed by atoms with Crippen LogP contribution in [0.5, 0.6) is 0 Å². The van der Waals surface area contributed by atoms with E-state index in [1.165, 1.54) is 4.90 Å². The Morgan fingerprint density at radius 2 is 1.56 bits per heavy atom. The Kier molecular flexibility index (Phi) is 9.10. The van der Waals surface area contributed by atoms with Gasteiger partial charge >= 0.3 is 23.2 Å². The lowest BCUT2D eigenvalue weighted by molar-refractivity contribution is -0.0154. The minimum absolute atomic E-state index is 0.0214. The molecule has 1 N–H and O–H groups in total. The van der Waals surface area contributed by atoms with Crippen molar-refractivity contribution in [2.75, 3.05) is 6.61 Å². The van der Waals surface area contributed by atoms with Crippen LogP contribution in [-0.2, 0) is 17.7 Å². The number of rotatable bonds is 5. The molecular weight excluding hydrogens is 468 g/mol. The smallest absolute Gasteiger partial charge is 0.411 e. The predicted molar refractivity (Wildman–Crippen MR) is 136 cm³/mol. The molecule has 2 rings (SSSR count). The second kappa shape index (κ2) is 10.6. The third-order valence-corrected chi connectivity index (χ3v) is 17.3. The normalized spacial score (nSPS) is 29.2. The first-order valence-corrected chi connectivity index (χ1v) is 16.6. The first kappa shape index (κ1) is 29.3. The number of ether oxygens (including phenoxy) is 1. The molecule has 0 aromatic rings. The second-order valence-electron chi connectivity index (χ2n) is 11.9. The van der Waals surface area contributed by atoms with Gasteiger partial charge in [-0.05, 0) is 42.9 Å². The van der Waals surface area contributed by atoms with Crippen LogP contribution >= 0.6 is 0 Å². The van der Waals surface area contributed by atoms with E-state index in [0.29, 0.717) is 0 Å². The van der Waals surface area contributed by atoms with E-state index in [1.807, 2.05) is 0 Å². The second-order valence-corrected chi connectivity index (χ2v) is 20.8. The number of amides is 1. The molecule has 0 saturated carbocycles. The zero-order valence-electron chi connectivity index (χ0n) is 22.9. The summed E-state index contributed by atoms with van der Waals surface area (Å²) in [7, 11) is -5.76. The third-order valence-electron chi connectivity index (χ3n) is 7.07. The van der Waals surface area contributed by atoms with Crippen molar-refractivity contribution in [3.8, 4) is 6.07 Å². The number of aliphatic hydroxyl groups is 1. The Morgan fingerprint density at radius 1 is 1.06 bits per heavy atom. The summed E-state index contributed by atoms with van der Waals surface area (Å²) in [4.78, 5) is 14.9. The molecule has 4 atom stereocenters. The summed E-state index contributed by atoms with van der Waals surface area (Å²) in [5.41, 5.74) is -0.207. The fraction of sp³-hybridized carbons (Fsp3) is 0.917. The van der Waals surface area contributed by atoms with Gasteiger partial charge in [-0.2, -0.15) is 5.26 Å². The van der Waals surface area contributed by atoms with E-state index in [2.05, 4.69) is 61.5 Å². The van der Waals surface area contributed by atoms with Gasteiger partial charge in [-0.25, -0.2) is 4.79 Å². The number of hydrogen-bond donors (Lipinski definition) is 1. The molecule has 0 radical (unpaired) electrons. The van der Waals surface area contributed by atoms with Crippen LogP contribution in [0.2, 0.25) is 22.2 Å². The molecule has 2 aliphatic heterocycles. The third kappa shape index (κ3) is 5.39. The first-order valence-electron chi connectivity index (χ1n) is 12.6. The van der Waals surface area contributed by atoms with Crippen LogP contribution in [-0.4, -0.2) is 69.7 Å². The fourth-order valence-electron chi connectivity index (χ4n) is 5.38. The highest BCUT2D eigenvalue weighted by Gasteiger charge is 2.63. The van der Waals surface area contributed by atoms with Crippen LogP contribution in [0.1, 0.15) is 82.6 Å².